The van der Waals surface area contributed by atoms with E-state index in [1.807, 2.05) is 36.4 Å². The minimum Gasteiger partial charge on any atom is -0.456 e. The summed E-state index contributed by atoms with van der Waals surface area (Å²) in [6.07, 6.45) is 7.62. The number of aromatic nitrogens is 3. The van der Waals surface area contributed by atoms with Crippen LogP contribution in [0.15, 0.2) is 174 Å². The lowest BCUT2D eigenvalue weighted by Crippen LogP contribution is -2.05. The van der Waals surface area contributed by atoms with Crippen LogP contribution in [0.3, 0.4) is 0 Å². The lowest BCUT2D eigenvalue weighted by molar-refractivity contribution is 0.669. The lowest BCUT2D eigenvalue weighted by atomic mass is 9.87. The van der Waals surface area contributed by atoms with E-state index in [1.165, 1.54) is 16.3 Å². The van der Waals surface area contributed by atoms with Crippen LogP contribution in [-0.4, -0.2) is 15.0 Å². The predicted molar refractivity (Wildman–Crippen MR) is 209 cm³/mol. The Morgan fingerprint density at radius 3 is 2.00 bits per heavy atom. The number of allylic oxidation sites excluding steroid dienone is 4. The summed E-state index contributed by atoms with van der Waals surface area (Å²) in [7, 11) is 0. The summed E-state index contributed by atoms with van der Waals surface area (Å²) < 4.78 is 6.18. The van der Waals surface area contributed by atoms with Crippen LogP contribution >= 0.6 is 0 Å². The van der Waals surface area contributed by atoms with E-state index < -0.39 is 0 Å². The zero-order valence-electron chi connectivity index (χ0n) is 27.7. The van der Waals surface area contributed by atoms with E-state index in [2.05, 4.69) is 133 Å². The van der Waals surface area contributed by atoms with E-state index in [4.69, 9.17) is 19.4 Å². The molecule has 2 heterocycles. The number of benzene rings is 7. The van der Waals surface area contributed by atoms with Gasteiger partial charge in [0.1, 0.15) is 11.2 Å². The molecule has 0 amide bonds. The summed E-state index contributed by atoms with van der Waals surface area (Å²) in [5.41, 5.74) is 8.38. The quantitative estimate of drug-likeness (QED) is 0.185. The Morgan fingerprint density at radius 1 is 0.490 bits per heavy atom. The van der Waals surface area contributed by atoms with Gasteiger partial charge in [-0.2, -0.15) is 0 Å². The van der Waals surface area contributed by atoms with Crippen LogP contribution in [0.1, 0.15) is 23.7 Å². The maximum absolute atomic E-state index is 6.18. The monoisotopic (exact) mass is 653 g/mol. The Hall–Kier alpha value is -6.65. The topological polar surface area (TPSA) is 51.8 Å². The fraction of sp³-hybridized carbons (Fsp3) is 0.0426. The van der Waals surface area contributed by atoms with Crippen molar-refractivity contribution in [2.45, 2.75) is 12.3 Å². The van der Waals surface area contributed by atoms with E-state index in [-0.39, 0.29) is 0 Å². The van der Waals surface area contributed by atoms with Crippen LogP contribution in [0.5, 0.6) is 0 Å². The Kier molecular flexibility index (Phi) is 6.91. The highest BCUT2D eigenvalue weighted by atomic mass is 16.3. The molecule has 1 aliphatic carbocycles. The van der Waals surface area contributed by atoms with Gasteiger partial charge in [0.15, 0.2) is 17.5 Å². The first-order valence-corrected chi connectivity index (χ1v) is 17.4. The number of hydrogen-bond donors (Lipinski definition) is 0. The SMILES string of the molecule is C1=CC(c2cccc3ccccc23)CC=C1c1nc(-c2ccccc2)nc(-c2ccc3cc(-c4cccc5oc6ccccc6c45)ccc3c2)n1. The van der Waals surface area contributed by atoms with Gasteiger partial charge in [-0.3, -0.25) is 0 Å². The molecule has 4 nitrogen and oxygen atoms in total. The van der Waals surface area contributed by atoms with Crippen molar-refractivity contribution in [1.82, 2.24) is 15.0 Å². The molecule has 1 unspecified atom stereocenters. The highest BCUT2D eigenvalue weighted by Gasteiger charge is 2.19. The third-order valence-electron chi connectivity index (χ3n) is 10.1. The summed E-state index contributed by atoms with van der Waals surface area (Å²) in [4.78, 5) is 15.1. The molecule has 1 aliphatic rings. The molecule has 240 valence electrons. The number of rotatable bonds is 5. The average Bonchev–Trinajstić information content (AvgIpc) is 3.60. The zero-order valence-corrected chi connectivity index (χ0v) is 27.7. The number of fused-ring (bicyclic) bond motifs is 5. The maximum atomic E-state index is 6.18. The Bertz CT molecular complexity index is 2840. The van der Waals surface area contributed by atoms with E-state index >= 15 is 0 Å². The van der Waals surface area contributed by atoms with Crippen LogP contribution in [-0.2, 0) is 0 Å². The van der Waals surface area contributed by atoms with Crippen molar-refractivity contribution < 1.29 is 4.42 Å². The molecule has 9 aromatic rings. The second-order valence-electron chi connectivity index (χ2n) is 13.2. The maximum Gasteiger partial charge on any atom is 0.164 e. The van der Waals surface area contributed by atoms with Gasteiger partial charge in [0, 0.05) is 33.4 Å². The van der Waals surface area contributed by atoms with E-state index in [0.717, 1.165) is 67.0 Å². The van der Waals surface area contributed by atoms with Gasteiger partial charge in [-0.1, -0.05) is 146 Å². The van der Waals surface area contributed by atoms with Crippen molar-refractivity contribution in [3.05, 3.63) is 181 Å². The van der Waals surface area contributed by atoms with E-state index in [9.17, 15) is 0 Å². The molecule has 10 rings (SSSR count). The molecular formula is C47H31N3O. The molecule has 0 bridgehead atoms. The van der Waals surface area contributed by atoms with Gasteiger partial charge in [0.2, 0.25) is 0 Å². The lowest BCUT2D eigenvalue weighted by Gasteiger charge is -2.18. The Morgan fingerprint density at radius 2 is 1.16 bits per heavy atom. The van der Waals surface area contributed by atoms with Gasteiger partial charge in [0.25, 0.3) is 0 Å². The van der Waals surface area contributed by atoms with Crippen molar-refractivity contribution in [2.24, 2.45) is 0 Å². The molecule has 0 spiro atoms. The molecule has 0 N–H and O–H groups in total. The Balaban J connectivity index is 1.02. The van der Waals surface area contributed by atoms with Crippen LogP contribution < -0.4 is 0 Å². The number of hydrogen-bond acceptors (Lipinski definition) is 4. The van der Waals surface area contributed by atoms with Crippen LogP contribution in [0.25, 0.3) is 83.0 Å². The third-order valence-corrected chi connectivity index (χ3v) is 10.1. The molecular weight excluding hydrogens is 623 g/mol. The number of nitrogens with zero attached hydrogens (tertiary/aromatic N) is 3. The first-order valence-electron chi connectivity index (χ1n) is 17.4. The average molecular weight is 654 g/mol. The minimum absolute atomic E-state index is 0.291. The molecule has 51 heavy (non-hydrogen) atoms. The van der Waals surface area contributed by atoms with Crippen LogP contribution in [0, 0.1) is 0 Å². The van der Waals surface area contributed by atoms with Gasteiger partial charge < -0.3 is 4.42 Å². The predicted octanol–water partition coefficient (Wildman–Crippen LogP) is 12.2. The summed E-state index contributed by atoms with van der Waals surface area (Å²) in [6, 6.07) is 53.0. The molecule has 0 saturated heterocycles. The van der Waals surface area contributed by atoms with Crippen molar-refractivity contribution >= 4 is 49.1 Å². The van der Waals surface area contributed by atoms with Crippen molar-refractivity contribution in [2.75, 3.05) is 0 Å². The number of furan rings is 1. The van der Waals surface area contributed by atoms with Crippen LogP contribution in [0.4, 0.5) is 0 Å². The molecule has 2 aromatic heterocycles. The normalized spacial score (nSPS) is 14.4. The van der Waals surface area contributed by atoms with E-state index in [0.29, 0.717) is 23.4 Å². The first kappa shape index (κ1) is 29.3. The second kappa shape index (κ2) is 12.0. The third kappa shape index (κ3) is 5.20. The summed E-state index contributed by atoms with van der Waals surface area (Å²) in [6.45, 7) is 0. The van der Waals surface area contributed by atoms with Crippen molar-refractivity contribution in [1.29, 1.82) is 0 Å². The molecule has 0 aliphatic heterocycles. The highest BCUT2D eigenvalue weighted by molar-refractivity contribution is 6.13. The fourth-order valence-electron chi connectivity index (χ4n) is 7.51. The van der Waals surface area contributed by atoms with E-state index in [1.54, 1.807) is 0 Å². The second-order valence-corrected chi connectivity index (χ2v) is 13.2. The van der Waals surface area contributed by atoms with Gasteiger partial charge in [0.05, 0.1) is 0 Å². The zero-order chi connectivity index (χ0) is 33.7. The minimum atomic E-state index is 0.291. The van der Waals surface area contributed by atoms with Crippen molar-refractivity contribution in [3.8, 4) is 33.9 Å². The van der Waals surface area contributed by atoms with Crippen LogP contribution in [0.2, 0.25) is 0 Å². The van der Waals surface area contributed by atoms with Gasteiger partial charge in [-0.25, -0.2) is 15.0 Å². The van der Waals surface area contributed by atoms with Crippen molar-refractivity contribution in [3.63, 3.8) is 0 Å². The highest BCUT2D eigenvalue weighted by Crippen LogP contribution is 2.38. The molecule has 7 aromatic carbocycles. The summed E-state index contributed by atoms with van der Waals surface area (Å²) in [5.74, 6) is 2.29. The standard InChI is InChI=1S/C47H31N3O/c1-2-11-32(12-3-1)45-48-46(33-22-20-31(21-23-33)39-16-8-13-30-10-4-5-14-38(30)39)50-47(49-45)37-27-25-34-28-36(26-24-35(34)29-37)40-17-9-19-43-44(40)41-15-6-7-18-42(41)51-43/h1-20,22-29,31H,21H2. The largest absolute Gasteiger partial charge is 0.456 e. The molecule has 0 saturated carbocycles. The van der Waals surface area contributed by atoms with Gasteiger partial charge in [-0.05, 0) is 68.9 Å². The Labute approximate surface area is 295 Å². The van der Waals surface area contributed by atoms with Gasteiger partial charge >= 0.3 is 0 Å². The smallest absolute Gasteiger partial charge is 0.164 e. The molecule has 0 radical (unpaired) electrons. The summed E-state index contributed by atoms with van der Waals surface area (Å²) >= 11 is 0. The summed E-state index contributed by atoms with van der Waals surface area (Å²) in [5, 5.41) is 7.11. The molecule has 1 atom stereocenters. The number of para-hydroxylation sites is 1. The first-order chi connectivity index (χ1) is 25.2. The molecule has 0 fully saturated rings. The van der Waals surface area contributed by atoms with Gasteiger partial charge in [-0.15, -0.1) is 0 Å². The fourth-order valence-corrected chi connectivity index (χ4v) is 7.51. The molecule has 4 heteroatoms.